The third-order valence-corrected chi connectivity index (χ3v) is 3.39. The monoisotopic (exact) mass is 271 g/mol. The second kappa shape index (κ2) is 5.42. The molecule has 2 N–H and O–H groups in total. The largest absolute Gasteiger partial charge is 0.345 e. The van der Waals surface area contributed by atoms with Crippen LogP contribution in [0, 0.1) is 0 Å². The molecule has 3 heterocycles. The van der Waals surface area contributed by atoms with Gasteiger partial charge in [0.05, 0.1) is 18.3 Å². The highest BCUT2D eigenvalue weighted by Crippen LogP contribution is 2.16. The molecule has 3 rings (SSSR count). The van der Waals surface area contributed by atoms with E-state index in [-0.39, 0.29) is 11.9 Å². The van der Waals surface area contributed by atoms with E-state index >= 15 is 0 Å². The van der Waals surface area contributed by atoms with Crippen molar-refractivity contribution in [2.24, 2.45) is 0 Å². The van der Waals surface area contributed by atoms with Crippen LogP contribution in [0.4, 0.5) is 0 Å². The Labute approximate surface area is 117 Å². The predicted octanol–water partition coefficient (Wildman–Crippen LogP) is 0.872. The highest BCUT2D eigenvalue weighted by atomic mass is 16.1. The molecule has 0 unspecified atom stereocenters. The van der Waals surface area contributed by atoms with Gasteiger partial charge in [-0.15, -0.1) is 0 Å². The van der Waals surface area contributed by atoms with E-state index in [2.05, 4.69) is 20.6 Å². The van der Waals surface area contributed by atoms with E-state index < -0.39 is 0 Å². The number of fused-ring (bicyclic) bond motifs is 1. The SMILES string of the molecule is C[C@@H]1NCCn2cc(C(=O)NCc3ccccn3)nc21. The maximum atomic E-state index is 12.1. The minimum atomic E-state index is -0.162. The minimum Gasteiger partial charge on any atom is -0.345 e. The van der Waals surface area contributed by atoms with E-state index in [0.29, 0.717) is 12.2 Å². The van der Waals surface area contributed by atoms with E-state index in [1.165, 1.54) is 0 Å². The van der Waals surface area contributed by atoms with Gasteiger partial charge >= 0.3 is 0 Å². The molecule has 1 aliphatic heterocycles. The van der Waals surface area contributed by atoms with Crippen LogP contribution in [0.5, 0.6) is 0 Å². The average molecular weight is 271 g/mol. The molecule has 2 aromatic heterocycles. The molecule has 0 saturated heterocycles. The van der Waals surface area contributed by atoms with Gasteiger partial charge in [0, 0.05) is 25.5 Å². The molecule has 0 aliphatic carbocycles. The molecule has 6 nitrogen and oxygen atoms in total. The van der Waals surface area contributed by atoms with Crippen LogP contribution in [0.15, 0.2) is 30.6 Å². The number of hydrogen-bond donors (Lipinski definition) is 2. The molecule has 0 aromatic carbocycles. The molecule has 6 heteroatoms. The number of nitrogens with one attached hydrogen (secondary N) is 2. The first kappa shape index (κ1) is 12.8. The number of aromatic nitrogens is 3. The molecule has 0 bridgehead atoms. The van der Waals surface area contributed by atoms with E-state index in [4.69, 9.17) is 0 Å². The zero-order chi connectivity index (χ0) is 13.9. The van der Waals surface area contributed by atoms with Crippen LogP contribution in [0.1, 0.15) is 35.0 Å². The summed E-state index contributed by atoms with van der Waals surface area (Å²) >= 11 is 0. The van der Waals surface area contributed by atoms with Crippen molar-refractivity contribution in [1.29, 1.82) is 0 Å². The van der Waals surface area contributed by atoms with E-state index in [1.54, 1.807) is 6.20 Å². The molecule has 1 atom stereocenters. The van der Waals surface area contributed by atoms with Gasteiger partial charge in [-0.3, -0.25) is 9.78 Å². The van der Waals surface area contributed by atoms with Gasteiger partial charge in [-0.2, -0.15) is 0 Å². The van der Waals surface area contributed by atoms with Crippen LogP contribution >= 0.6 is 0 Å². The number of nitrogens with zero attached hydrogens (tertiary/aromatic N) is 3. The molecule has 1 amide bonds. The summed E-state index contributed by atoms with van der Waals surface area (Å²) in [4.78, 5) is 20.7. The number of carbonyl (C=O) groups excluding carboxylic acids is 1. The third kappa shape index (κ3) is 2.55. The summed E-state index contributed by atoms with van der Waals surface area (Å²) in [6, 6.07) is 5.81. The molecule has 104 valence electrons. The molecular formula is C14H17N5O. The molecule has 2 aromatic rings. The Morgan fingerprint density at radius 1 is 1.55 bits per heavy atom. The predicted molar refractivity (Wildman–Crippen MR) is 74.1 cm³/mol. The Morgan fingerprint density at radius 3 is 3.20 bits per heavy atom. The van der Waals surface area contributed by atoms with Gasteiger partial charge in [0.25, 0.3) is 5.91 Å². The fourth-order valence-electron chi connectivity index (χ4n) is 2.32. The van der Waals surface area contributed by atoms with Crippen molar-refractivity contribution >= 4 is 5.91 Å². The summed E-state index contributed by atoms with van der Waals surface area (Å²) in [7, 11) is 0. The Balaban J connectivity index is 1.69. The van der Waals surface area contributed by atoms with E-state index in [0.717, 1.165) is 24.6 Å². The van der Waals surface area contributed by atoms with E-state index in [9.17, 15) is 4.79 Å². The van der Waals surface area contributed by atoms with Crippen molar-refractivity contribution < 1.29 is 4.79 Å². The van der Waals surface area contributed by atoms with Crippen molar-refractivity contribution in [3.63, 3.8) is 0 Å². The number of rotatable bonds is 3. The Bertz CT molecular complexity index is 607. The third-order valence-electron chi connectivity index (χ3n) is 3.39. The second-order valence-corrected chi connectivity index (χ2v) is 4.86. The molecule has 0 radical (unpaired) electrons. The van der Waals surface area contributed by atoms with Gasteiger partial charge in [0.15, 0.2) is 0 Å². The van der Waals surface area contributed by atoms with Crippen LogP contribution in [-0.2, 0) is 13.1 Å². The van der Waals surface area contributed by atoms with Crippen molar-refractivity contribution in [3.8, 4) is 0 Å². The Morgan fingerprint density at radius 2 is 2.45 bits per heavy atom. The number of imidazole rings is 1. The number of hydrogen-bond acceptors (Lipinski definition) is 4. The first-order valence-electron chi connectivity index (χ1n) is 6.72. The Kier molecular flexibility index (Phi) is 3.47. The van der Waals surface area contributed by atoms with Crippen molar-refractivity contribution in [1.82, 2.24) is 25.2 Å². The summed E-state index contributed by atoms with van der Waals surface area (Å²) in [5.74, 6) is 0.754. The summed E-state index contributed by atoms with van der Waals surface area (Å²) in [6.45, 7) is 4.21. The van der Waals surface area contributed by atoms with Crippen LogP contribution in [-0.4, -0.2) is 27.0 Å². The van der Waals surface area contributed by atoms with Gasteiger partial charge in [0.1, 0.15) is 11.5 Å². The molecule has 20 heavy (non-hydrogen) atoms. The standard InChI is InChI=1S/C14H17N5O/c1-10-13-18-12(9-19(13)7-6-15-10)14(20)17-8-11-4-2-3-5-16-11/h2-5,9-10,15H,6-8H2,1H3,(H,17,20)/t10-/m0/s1. The number of carbonyl (C=O) groups is 1. The lowest BCUT2D eigenvalue weighted by Gasteiger charge is -2.21. The summed E-state index contributed by atoms with van der Waals surface area (Å²) in [5.41, 5.74) is 1.30. The van der Waals surface area contributed by atoms with Crippen LogP contribution in [0.25, 0.3) is 0 Å². The smallest absolute Gasteiger partial charge is 0.271 e. The van der Waals surface area contributed by atoms with Crippen LogP contribution in [0.3, 0.4) is 0 Å². The molecule has 0 fully saturated rings. The van der Waals surface area contributed by atoms with Gasteiger partial charge in [-0.25, -0.2) is 4.98 Å². The first-order valence-corrected chi connectivity index (χ1v) is 6.72. The zero-order valence-electron chi connectivity index (χ0n) is 11.3. The van der Waals surface area contributed by atoms with Crippen molar-refractivity contribution in [3.05, 3.63) is 47.8 Å². The second-order valence-electron chi connectivity index (χ2n) is 4.86. The first-order chi connectivity index (χ1) is 9.74. The van der Waals surface area contributed by atoms with Gasteiger partial charge < -0.3 is 15.2 Å². The highest BCUT2D eigenvalue weighted by molar-refractivity contribution is 5.92. The molecule has 0 saturated carbocycles. The molecule has 1 aliphatic rings. The summed E-state index contributed by atoms with van der Waals surface area (Å²) < 4.78 is 2.04. The average Bonchev–Trinajstić information content (AvgIpc) is 2.91. The maximum absolute atomic E-state index is 12.1. The van der Waals surface area contributed by atoms with Gasteiger partial charge in [0.2, 0.25) is 0 Å². The van der Waals surface area contributed by atoms with E-state index in [1.807, 2.05) is 35.9 Å². The number of pyridine rings is 1. The van der Waals surface area contributed by atoms with Crippen LogP contribution < -0.4 is 10.6 Å². The number of amides is 1. The Hall–Kier alpha value is -2.21. The van der Waals surface area contributed by atoms with Gasteiger partial charge in [-0.1, -0.05) is 6.07 Å². The highest BCUT2D eigenvalue weighted by Gasteiger charge is 2.21. The fourth-order valence-corrected chi connectivity index (χ4v) is 2.32. The molecule has 0 spiro atoms. The summed E-state index contributed by atoms with van der Waals surface area (Å²) in [5, 5.41) is 6.16. The lowest BCUT2D eigenvalue weighted by molar-refractivity contribution is 0.0945. The van der Waals surface area contributed by atoms with Gasteiger partial charge in [-0.05, 0) is 19.1 Å². The van der Waals surface area contributed by atoms with Crippen LogP contribution in [0.2, 0.25) is 0 Å². The lowest BCUT2D eigenvalue weighted by Crippen LogP contribution is -2.31. The normalized spacial score (nSPS) is 17.6. The topological polar surface area (TPSA) is 71.8 Å². The lowest BCUT2D eigenvalue weighted by atomic mass is 10.2. The fraction of sp³-hybridized carbons (Fsp3) is 0.357. The summed E-state index contributed by atoms with van der Waals surface area (Å²) in [6.07, 6.45) is 3.53. The van der Waals surface area contributed by atoms with Crippen molar-refractivity contribution in [2.45, 2.75) is 26.1 Å². The quantitative estimate of drug-likeness (QED) is 0.869. The maximum Gasteiger partial charge on any atom is 0.271 e. The zero-order valence-corrected chi connectivity index (χ0v) is 11.3. The van der Waals surface area contributed by atoms with Crippen molar-refractivity contribution in [2.75, 3.05) is 6.54 Å². The molecular weight excluding hydrogens is 254 g/mol. The minimum absolute atomic E-state index is 0.162.